The molecule has 0 unspecified atom stereocenters. The first-order chi connectivity index (χ1) is 8.35. The Balaban J connectivity index is 2.10. The van der Waals surface area contributed by atoms with E-state index in [1.165, 1.54) is 0 Å². The molecule has 0 bridgehead atoms. The van der Waals surface area contributed by atoms with Gasteiger partial charge in [-0.1, -0.05) is 6.92 Å². The van der Waals surface area contributed by atoms with Crippen molar-refractivity contribution in [3.8, 4) is 0 Å². The lowest BCUT2D eigenvalue weighted by atomic mass is 10.5. The second-order valence-electron chi connectivity index (χ2n) is 3.88. The summed E-state index contributed by atoms with van der Waals surface area (Å²) in [6, 6.07) is 0. The zero-order chi connectivity index (χ0) is 12.1. The first kappa shape index (κ1) is 11.9. The molecule has 2 aromatic rings. The van der Waals surface area contributed by atoms with Gasteiger partial charge in [0.15, 0.2) is 0 Å². The van der Waals surface area contributed by atoms with E-state index in [2.05, 4.69) is 38.3 Å². The summed E-state index contributed by atoms with van der Waals surface area (Å²) in [6.07, 6.45) is 7.70. The van der Waals surface area contributed by atoms with Crippen molar-refractivity contribution in [1.82, 2.24) is 24.4 Å². The van der Waals surface area contributed by atoms with Gasteiger partial charge >= 0.3 is 0 Å². The van der Waals surface area contributed by atoms with Crippen LogP contribution in [-0.2, 0) is 19.6 Å². The molecule has 0 amide bonds. The second-order valence-corrected chi connectivity index (χ2v) is 3.88. The second kappa shape index (κ2) is 5.63. The molecule has 0 fully saturated rings. The quantitative estimate of drug-likeness (QED) is 0.817. The van der Waals surface area contributed by atoms with E-state index < -0.39 is 0 Å². The molecule has 92 valence electrons. The van der Waals surface area contributed by atoms with Crippen molar-refractivity contribution in [2.75, 3.05) is 6.54 Å². The number of aromatic nitrogens is 4. The van der Waals surface area contributed by atoms with Gasteiger partial charge in [-0.15, -0.1) is 0 Å². The zero-order valence-corrected chi connectivity index (χ0v) is 10.4. The standard InChI is InChI=1S/C12H19N5/c1-3-13-9-11-14-6-8-17(11)10-12-15-5-7-16(12)4-2/h5-8,13H,3-4,9-10H2,1-2H3. The van der Waals surface area contributed by atoms with Gasteiger partial charge in [-0.25, -0.2) is 9.97 Å². The maximum absolute atomic E-state index is 4.38. The first-order valence-corrected chi connectivity index (χ1v) is 6.05. The summed E-state index contributed by atoms with van der Waals surface area (Å²) in [5, 5.41) is 3.29. The van der Waals surface area contributed by atoms with Crippen molar-refractivity contribution in [3.63, 3.8) is 0 Å². The van der Waals surface area contributed by atoms with E-state index in [-0.39, 0.29) is 0 Å². The van der Waals surface area contributed by atoms with Gasteiger partial charge in [-0.05, 0) is 13.5 Å². The largest absolute Gasteiger partial charge is 0.334 e. The molecule has 0 spiro atoms. The Bertz CT molecular complexity index is 457. The van der Waals surface area contributed by atoms with E-state index in [1.807, 2.05) is 24.8 Å². The van der Waals surface area contributed by atoms with Crippen LogP contribution in [0.15, 0.2) is 24.8 Å². The van der Waals surface area contributed by atoms with E-state index in [4.69, 9.17) is 0 Å². The summed E-state index contributed by atoms with van der Waals surface area (Å²) in [7, 11) is 0. The van der Waals surface area contributed by atoms with E-state index in [1.54, 1.807) is 0 Å². The van der Waals surface area contributed by atoms with Gasteiger partial charge in [-0.2, -0.15) is 0 Å². The smallest absolute Gasteiger partial charge is 0.128 e. The van der Waals surface area contributed by atoms with Crippen LogP contribution >= 0.6 is 0 Å². The van der Waals surface area contributed by atoms with Crippen LogP contribution in [0.1, 0.15) is 25.5 Å². The molecular weight excluding hydrogens is 214 g/mol. The van der Waals surface area contributed by atoms with Crippen LogP contribution in [0, 0.1) is 0 Å². The maximum atomic E-state index is 4.38. The Morgan fingerprint density at radius 2 is 1.76 bits per heavy atom. The van der Waals surface area contributed by atoms with Gasteiger partial charge in [0.2, 0.25) is 0 Å². The van der Waals surface area contributed by atoms with Crippen molar-refractivity contribution in [3.05, 3.63) is 36.4 Å². The monoisotopic (exact) mass is 233 g/mol. The van der Waals surface area contributed by atoms with Crippen LogP contribution in [0.3, 0.4) is 0 Å². The van der Waals surface area contributed by atoms with Crippen LogP contribution in [0.25, 0.3) is 0 Å². The van der Waals surface area contributed by atoms with Crippen LogP contribution < -0.4 is 5.32 Å². The molecule has 1 N–H and O–H groups in total. The summed E-state index contributed by atoms with van der Waals surface area (Å²) < 4.78 is 4.29. The summed E-state index contributed by atoms with van der Waals surface area (Å²) in [6.45, 7) is 7.70. The minimum Gasteiger partial charge on any atom is -0.334 e. The van der Waals surface area contributed by atoms with Crippen LogP contribution in [0.2, 0.25) is 0 Å². The molecule has 0 aromatic carbocycles. The lowest BCUT2D eigenvalue weighted by molar-refractivity contribution is 0.602. The third-order valence-electron chi connectivity index (χ3n) is 2.79. The van der Waals surface area contributed by atoms with Gasteiger partial charge in [0.25, 0.3) is 0 Å². The van der Waals surface area contributed by atoms with Gasteiger partial charge in [0.05, 0.1) is 13.1 Å². The number of rotatable bonds is 6. The fourth-order valence-corrected chi connectivity index (χ4v) is 1.82. The molecule has 0 aliphatic rings. The maximum Gasteiger partial charge on any atom is 0.128 e. The van der Waals surface area contributed by atoms with Crippen molar-refractivity contribution in [1.29, 1.82) is 0 Å². The van der Waals surface area contributed by atoms with Gasteiger partial charge in [0.1, 0.15) is 11.6 Å². The van der Waals surface area contributed by atoms with Gasteiger partial charge in [-0.3, -0.25) is 0 Å². The molecule has 0 saturated carbocycles. The molecule has 0 aliphatic heterocycles. The van der Waals surface area contributed by atoms with Gasteiger partial charge < -0.3 is 14.5 Å². The Kier molecular flexibility index (Phi) is 3.93. The number of hydrogen-bond donors (Lipinski definition) is 1. The van der Waals surface area contributed by atoms with Crippen molar-refractivity contribution in [2.24, 2.45) is 0 Å². The average molecular weight is 233 g/mol. The van der Waals surface area contributed by atoms with E-state index >= 15 is 0 Å². The number of hydrogen-bond acceptors (Lipinski definition) is 3. The average Bonchev–Trinajstić information content (AvgIpc) is 2.96. The van der Waals surface area contributed by atoms with E-state index in [0.717, 1.165) is 37.8 Å². The van der Waals surface area contributed by atoms with Crippen molar-refractivity contribution < 1.29 is 0 Å². The Labute approximate surface area is 102 Å². The predicted molar refractivity (Wildman–Crippen MR) is 66.6 cm³/mol. The Hall–Kier alpha value is -1.62. The van der Waals surface area contributed by atoms with E-state index in [0.29, 0.717) is 0 Å². The SMILES string of the molecule is CCNCc1nccn1Cc1nccn1CC. The summed E-state index contributed by atoms with van der Waals surface area (Å²) in [5.41, 5.74) is 0. The molecule has 2 rings (SSSR count). The molecule has 0 atom stereocenters. The topological polar surface area (TPSA) is 47.7 Å². The molecule has 2 aromatic heterocycles. The minimum absolute atomic E-state index is 0.779. The fourth-order valence-electron chi connectivity index (χ4n) is 1.82. The highest BCUT2D eigenvalue weighted by Crippen LogP contribution is 2.04. The van der Waals surface area contributed by atoms with Crippen LogP contribution in [0.5, 0.6) is 0 Å². The number of nitrogens with zero attached hydrogens (tertiary/aromatic N) is 4. The highest BCUT2D eigenvalue weighted by atomic mass is 15.1. The van der Waals surface area contributed by atoms with Crippen LogP contribution in [0.4, 0.5) is 0 Å². The molecule has 5 heteroatoms. The predicted octanol–water partition coefficient (Wildman–Crippen LogP) is 1.26. The molecule has 2 heterocycles. The third kappa shape index (κ3) is 2.74. The summed E-state index contributed by atoms with van der Waals surface area (Å²) >= 11 is 0. The molecule has 0 radical (unpaired) electrons. The lowest BCUT2D eigenvalue weighted by Crippen LogP contribution is -2.17. The summed E-state index contributed by atoms with van der Waals surface area (Å²) in [5.74, 6) is 2.13. The highest BCUT2D eigenvalue weighted by molar-refractivity contribution is 4.99. The molecule has 0 aliphatic carbocycles. The van der Waals surface area contributed by atoms with Crippen LogP contribution in [-0.4, -0.2) is 25.6 Å². The molecule has 5 nitrogen and oxygen atoms in total. The van der Waals surface area contributed by atoms with E-state index in [9.17, 15) is 0 Å². The zero-order valence-electron chi connectivity index (χ0n) is 10.4. The normalized spacial score (nSPS) is 10.9. The number of aryl methyl sites for hydroxylation is 1. The Morgan fingerprint density at radius 1 is 1.06 bits per heavy atom. The highest BCUT2D eigenvalue weighted by Gasteiger charge is 2.06. The third-order valence-corrected chi connectivity index (χ3v) is 2.79. The van der Waals surface area contributed by atoms with Gasteiger partial charge in [0, 0.05) is 31.3 Å². The first-order valence-electron chi connectivity index (χ1n) is 6.05. The fraction of sp³-hybridized carbons (Fsp3) is 0.500. The molecule has 0 saturated heterocycles. The van der Waals surface area contributed by atoms with Crippen molar-refractivity contribution in [2.45, 2.75) is 33.5 Å². The Morgan fingerprint density at radius 3 is 2.47 bits per heavy atom. The molecule has 17 heavy (non-hydrogen) atoms. The number of imidazole rings is 2. The van der Waals surface area contributed by atoms with Crippen molar-refractivity contribution >= 4 is 0 Å². The lowest BCUT2D eigenvalue weighted by Gasteiger charge is -2.09. The molecular formula is C12H19N5. The minimum atomic E-state index is 0.779. The number of nitrogens with one attached hydrogen (secondary N) is 1. The summed E-state index contributed by atoms with van der Waals surface area (Å²) in [4.78, 5) is 8.73.